The second-order valence-corrected chi connectivity index (χ2v) is 5.75. The summed E-state index contributed by atoms with van der Waals surface area (Å²) in [4.78, 5) is 27.4. The Morgan fingerprint density at radius 3 is 2.27 bits per heavy atom. The Morgan fingerprint density at radius 1 is 0.923 bits per heavy atom. The molecule has 7 heteroatoms. The summed E-state index contributed by atoms with van der Waals surface area (Å²) in [5.41, 5.74) is 7.28. The van der Waals surface area contributed by atoms with Gasteiger partial charge >= 0.3 is 0 Å². The first kappa shape index (κ1) is 17.3. The van der Waals surface area contributed by atoms with Gasteiger partial charge in [-0.2, -0.15) is 0 Å². The van der Waals surface area contributed by atoms with Crippen molar-refractivity contribution >= 4 is 22.7 Å². The maximum atomic E-state index is 12.3. The van der Waals surface area contributed by atoms with Gasteiger partial charge in [-0.1, -0.05) is 17.7 Å². The number of methoxy groups -OCH3 is 2. The fraction of sp³-hybridized carbons (Fsp3) is 0.158. The SMILES string of the molecule is COc1cc(OC)c2cc(C(=O)NNC(=O)c3ccc(C)cc3)[nH]c2c1. The summed E-state index contributed by atoms with van der Waals surface area (Å²) >= 11 is 0. The number of H-pyrrole nitrogens is 1. The number of benzene rings is 2. The highest BCUT2D eigenvalue weighted by Gasteiger charge is 2.14. The Labute approximate surface area is 150 Å². The lowest BCUT2D eigenvalue weighted by atomic mass is 10.1. The van der Waals surface area contributed by atoms with Crippen LogP contribution in [0.5, 0.6) is 11.5 Å². The molecule has 7 nitrogen and oxygen atoms in total. The lowest BCUT2D eigenvalue weighted by Crippen LogP contribution is -2.41. The highest BCUT2D eigenvalue weighted by Crippen LogP contribution is 2.31. The van der Waals surface area contributed by atoms with Gasteiger partial charge in [0.25, 0.3) is 11.8 Å². The quantitative estimate of drug-likeness (QED) is 0.629. The number of nitrogens with one attached hydrogen (secondary N) is 3. The molecule has 0 aliphatic heterocycles. The maximum Gasteiger partial charge on any atom is 0.286 e. The van der Waals surface area contributed by atoms with Crippen LogP contribution in [0.25, 0.3) is 10.9 Å². The van der Waals surface area contributed by atoms with Crippen molar-refractivity contribution in [3.05, 3.63) is 59.3 Å². The third-order valence-electron chi connectivity index (χ3n) is 3.98. The molecule has 0 saturated heterocycles. The zero-order valence-corrected chi connectivity index (χ0v) is 14.7. The van der Waals surface area contributed by atoms with Crippen molar-refractivity contribution in [1.82, 2.24) is 15.8 Å². The number of ether oxygens (including phenoxy) is 2. The highest BCUT2D eigenvalue weighted by atomic mass is 16.5. The van der Waals surface area contributed by atoms with Crippen molar-refractivity contribution in [2.24, 2.45) is 0 Å². The average molecular weight is 353 g/mol. The van der Waals surface area contributed by atoms with Crippen molar-refractivity contribution in [3.63, 3.8) is 0 Å². The first-order valence-corrected chi connectivity index (χ1v) is 7.94. The average Bonchev–Trinajstić information content (AvgIpc) is 3.09. The number of fused-ring (bicyclic) bond motifs is 1. The zero-order chi connectivity index (χ0) is 18.7. The molecule has 0 aliphatic carbocycles. The normalized spacial score (nSPS) is 10.4. The largest absolute Gasteiger partial charge is 0.497 e. The van der Waals surface area contributed by atoms with Crippen molar-refractivity contribution < 1.29 is 19.1 Å². The van der Waals surface area contributed by atoms with Gasteiger partial charge in [-0.05, 0) is 25.1 Å². The van der Waals surface area contributed by atoms with Gasteiger partial charge in [-0.3, -0.25) is 20.4 Å². The van der Waals surface area contributed by atoms with Gasteiger partial charge in [0.15, 0.2) is 0 Å². The fourth-order valence-corrected chi connectivity index (χ4v) is 2.55. The van der Waals surface area contributed by atoms with Gasteiger partial charge in [-0.25, -0.2) is 0 Å². The van der Waals surface area contributed by atoms with Crippen LogP contribution in [-0.2, 0) is 0 Å². The smallest absolute Gasteiger partial charge is 0.286 e. The van der Waals surface area contributed by atoms with E-state index in [2.05, 4.69) is 15.8 Å². The van der Waals surface area contributed by atoms with Gasteiger partial charge in [0.05, 0.1) is 19.7 Å². The molecule has 1 heterocycles. The van der Waals surface area contributed by atoms with Gasteiger partial charge in [0, 0.05) is 23.1 Å². The molecule has 134 valence electrons. The predicted molar refractivity (Wildman–Crippen MR) is 97.5 cm³/mol. The van der Waals surface area contributed by atoms with Gasteiger partial charge in [0.2, 0.25) is 0 Å². The van der Waals surface area contributed by atoms with Crippen LogP contribution < -0.4 is 20.3 Å². The first-order chi connectivity index (χ1) is 12.5. The lowest BCUT2D eigenvalue weighted by Gasteiger charge is -2.06. The molecule has 2 amide bonds. The van der Waals surface area contributed by atoms with Crippen LogP contribution in [0.4, 0.5) is 0 Å². The van der Waals surface area contributed by atoms with E-state index >= 15 is 0 Å². The summed E-state index contributed by atoms with van der Waals surface area (Å²) in [7, 11) is 3.10. The number of carbonyl (C=O) groups excluding carboxylic acids is 2. The summed E-state index contributed by atoms with van der Waals surface area (Å²) < 4.78 is 10.5. The molecule has 2 aromatic carbocycles. The number of hydrogen-bond donors (Lipinski definition) is 3. The number of hydrazine groups is 1. The molecule has 26 heavy (non-hydrogen) atoms. The zero-order valence-electron chi connectivity index (χ0n) is 14.7. The standard InChI is InChI=1S/C19H19N3O4/c1-11-4-6-12(7-5-11)18(23)21-22-19(24)16-10-14-15(20-16)8-13(25-2)9-17(14)26-3/h4-10,20H,1-3H3,(H,21,23)(H,22,24). The van der Waals surface area contributed by atoms with Crippen molar-refractivity contribution in [1.29, 1.82) is 0 Å². The maximum absolute atomic E-state index is 12.3. The van der Waals surface area contributed by atoms with E-state index in [4.69, 9.17) is 9.47 Å². The van der Waals surface area contributed by atoms with Crippen LogP contribution in [-0.4, -0.2) is 31.0 Å². The van der Waals surface area contributed by atoms with E-state index in [0.29, 0.717) is 22.6 Å². The first-order valence-electron chi connectivity index (χ1n) is 7.94. The minimum absolute atomic E-state index is 0.288. The molecule has 0 unspecified atom stereocenters. The van der Waals surface area contributed by atoms with Gasteiger partial charge < -0.3 is 14.5 Å². The topological polar surface area (TPSA) is 92.4 Å². The molecule has 3 aromatic rings. The van der Waals surface area contributed by atoms with E-state index in [1.54, 1.807) is 44.6 Å². The summed E-state index contributed by atoms with van der Waals surface area (Å²) in [5.74, 6) is 0.325. The Morgan fingerprint density at radius 2 is 1.62 bits per heavy atom. The summed E-state index contributed by atoms with van der Waals surface area (Å²) in [6.45, 7) is 1.93. The summed E-state index contributed by atoms with van der Waals surface area (Å²) in [5, 5.41) is 0.739. The molecule has 0 saturated carbocycles. The van der Waals surface area contributed by atoms with E-state index in [1.165, 1.54) is 0 Å². The van der Waals surface area contributed by atoms with Crippen molar-refractivity contribution in [3.8, 4) is 11.5 Å². The summed E-state index contributed by atoms with van der Waals surface area (Å²) in [6.07, 6.45) is 0. The monoisotopic (exact) mass is 353 g/mol. The van der Waals surface area contributed by atoms with Crippen molar-refractivity contribution in [2.75, 3.05) is 14.2 Å². The molecular weight excluding hydrogens is 334 g/mol. The molecule has 0 fully saturated rings. The van der Waals surface area contributed by atoms with E-state index in [0.717, 1.165) is 10.9 Å². The minimum atomic E-state index is -0.470. The fourth-order valence-electron chi connectivity index (χ4n) is 2.55. The van der Waals surface area contributed by atoms with E-state index < -0.39 is 11.8 Å². The van der Waals surface area contributed by atoms with Crippen LogP contribution in [0.2, 0.25) is 0 Å². The second-order valence-electron chi connectivity index (χ2n) is 5.75. The van der Waals surface area contributed by atoms with Crippen LogP contribution in [0.15, 0.2) is 42.5 Å². The van der Waals surface area contributed by atoms with E-state index in [1.807, 2.05) is 19.1 Å². The number of aromatic nitrogens is 1. The molecule has 0 bridgehead atoms. The number of amides is 2. The Bertz CT molecular complexity index is 961. The Kier molecular flexibility index (Phi) is 4.79. The Hall–Kier alpha value is -3.48. The van der Waals surface area contributed by atoms with Crippen molar-refractivity contribution in [2.45, 2.75) is 6.92 Å². The number of carbonyl (C=O) groups is 2. The van der Waals surface area contributed by atoms with Gasteiger partial charge in [0.1, 0.15) is 17.2 Å². The van der Waals surface area contributed by atoms with Crippen LogP contribution in [0.3, 0.4) is 0 Å². The van der Waals surface area contributed by atoms with Crippen LogP contribution in [0, 0.1) is 6.92 Å². The number of aromatic amines is 1. The second kappa shape index (κ2) is 7.18. The molecule has 3 rings (SSSR count). The predicted octanol–water partition coefficient (Wildman–Crippen LogP) is 2.57. The molecule has 0 spiro atoms. The number of aryl methyl sites for hydroxylation is 1. The molecular formula is C19H19N3O4. The van der Waals surface area contributed by atoms with Crippen LogP contribution in [0.1, 0.15) is 26.4 Å². The minimum Gasteiger partial charge on any atom is -0.497 e. The third kappa shape index (κ3) is 3.46. The third-order valence-corrected chi connectivity index (χ3v) is 3.98. The molecule has 1 aromatic heterocycles. The molecule has 0 radical (unpaired) electrons. The summed E-state index contributed by atoms with van der Waals surface area (Å²) in [6, 6.07) is 12.2. The lowest BCUT2D eigenvalue weighted by molar-refractivity contribution is 0.0844. The molecule has 3 N–H and O–H groups in total. The highest BCUT2D eigenvalue weighted by molar-refractivity contribution is 6.02. The Balaban J connectivity index is 1.75. The van der Waals surface area contributed by atoms with E-state index in [9.17, 15) is 9.59 Å². The van der Waals surface area contributed by atoms with Gasteiger partial charge in [-0.15, -0.1) is 0 Å². The number of hydrogen-bond acceptors (Lipinski definition) is 4. The van der Waals surface area contributed by atoms with E-state index in [-0.39, 0.29) is 5.69 Å². The van der Waals surface area contributed by atoms with Crippen LogP contribution >= 0.6 is 0 Å². The number of rotatable bonds is 4. The molecule has 0 atom stereocenters. The molecule has 0 aliphatic rings.